The molecule has 4 nitrogen and oxygen atoms in total. The highest BCUT2D eigenvalue weighted by atomic mass is 32.2. The predicted molar refractivity (Wildman–Crippen MR) is 59.5 cm³/mol. The van der Waals surface area contributed by atoms with Gasteiger partial charge in [0.15, 0.2) is 15.0 Å². The van der Waals surface area contributed by atoms with Gasteiger partial charge in [0.25, 0.3) is 0 Å². The maximum atomic E-state index is 11.2. The summed E-state index contributed by atoms with van der Waals surface area (Å²) in [6.45, 7) is 1.64. The van der Waals surface area contributed by atoms with Crippen LogP contribution in [0, 0.1) is 5.92 Å². The summed E-state index contributed by atoms with van der Waals surface area (Å²) in [7, 11) is -2.73. The first-order valence-electron chi connectivity index (χ1n) is 4.77. The van der Waals surface area contributed by atoms with E-state index in [-0.39, 0.29) is 5.92 Å². The molecule has 0 aromatic rings. The highest BCUT2D eigenvalue weighted by Crippen LogP contribution is 2.18. The Hall–Kier alpha value is -0.230. The van der Waals surface area contributed by atoms with Gasteiger partial charge in [-0.15, -0.1) is 0 Å². The molecule has 1 N–H and O–H groups in total. The molecule has 0 radical (unpaired) electrons. The van der Waals surface area contributed by atoms with Crippen LogP contribution in [0.5, 0.6) is 0 Å². The molecular weight excluding hydrogens is 220 g/mol. The summed E-state index contributed by atoms with van der Waals surface area (Å²) in [5.74, 6) is 2.03. The molecule has 2 aliphatic heterocycles. The van der Waals surface area contributed by atoms with Crippen molar-refractivity contribution < 1.29 is 8.42 Å². The summed E-state index contributed by atoms with van der Waals surface area (Å²) in [5, 5.41) is 4.19. The smallest absolute Gasteiger partial charge is 0.156 e. The molecule has 0 amide bonds. The third-order valence-corrected chi connectivity index (χ3v) is 5.22. The summed E-state index contributed by atoms with van der Waals surface area (Å²) < 4.78 is 22.3. The van der Waals surface area contributed by atoms with Crippen molar-refractivity contribution in [3.63, 3.8) is 0 Å². The van der Waals surface area contributed by atoms with Crippen molar-refractivity contribution in [1.82, 2.24) is 5.32 Å². The Bertz CT molecular complexity index is 337. The molecule has 2 heterocycles. The van der Waals surface area contributed by atoms with Crippen LogP contribution >= 0.6 is 11.8 Å². The summed E-state index contributed by atoms with van der Waals surface area (Å²) in [6, 6.07) is 0. The van der Waals surface area contributed by atoms with E-state index >= 15 is 0 Å². The Morgan fingerprint density at radius 1 is 1.57 bits per heavy atom. The first kappa shape index (κ1) is 10.3. The molecule has 0 aromatic carbocycles. The first-order valence-corrected chi connectivity index (χ1v) is 7.58. The van der Waals surface area contributed by atoms with Crippen molar-refractivity contribution in [2.24, 2.45) is 10.9 Å². The Balaban J connectivity index is 1.77. The molecule has 2 rings (SSSR count). The van der Waals surface area contributed by atoms with E-state index in [4.69, 9.17) is 0 Å². The van der Waals surface area contributed by atoms with Gasteiger partial charge < -0.3 is 5.32 Å². The molecule has 0 saturated carbocycles. The monoisotopic (exact) mass is 234 g/mol. The number of amidine groups is 1. The third kappa shape index (κ3) is 2.63. The molecule has 0 aliphatic carbocycles. The maximum absolute atomic E-state index is 11.2. The average molecular weight is 234 g/mol. The van der Waals surface area contributed by atoms with E-state index in [1.165, 1.54) is 0 Å². The molecule has 80 valence electrons. The average Bonchev–Trinajstić information content (AvgIpc) is 2.70. The van der Waals surface area contributed by atoms with Crippen molar-refractivity contribution in [3.05, 3.63) is 0 Å². The van der Waals surface area contributed by atoms with E-state index in [2.05, 4.69) is 10.3 Å². The molecule has 2 aliphatic rings. The Labute approximate surface area is 88.5 Å². The standard InChI is InChI=1S/C8H14N2O2S2/c11-14(12)4-1-7(6-14)5-10-8-9-2-3-13-8/h7H,1-6H2,(H,9,10). The molecule has 1 atom stereocenters. The second-order valence-electron chi connectivity index (χ2n) is 3.69. The third-order valence-electron chi connectivity index (χ3n) is 2.45. The van der Waals surface area contributed by atoms with Crippen molar-refractivity contribution in [3.8, 4) is 0 Å². The number of hydrogen-bond donors (Lipinski definition) is 1. The van der Waals surface area contributed by atoms with E-state index in [0.29, 0.717) is 11.5 Å². The topological polar surface area (TPSA) is 58.5 Å². The molecule has 1 unspecified atom stereocenters. The van der Waals surface area contributed by atoms with Gasteiger partial charge in [-0.25, -0.2) is 8.42 Å². The van der Waals surface area contributed by atoms with Gasteiger partial charge in [-0.05, 0) is 12.3 Å². The lowest BCUT2D eigenvalue weighted by atomic mass is 10.1. The molecule has 0 spiro atoms. The summed E-state index contributed by atoms with van der Waals surface area (Å²) >= 11 is 1.72. The largest absolute Gasteiger partial charge is 0.365 e. The van der Waals surface area contributed by atoms with E-state index in [9.17, 15) is 8.42 Å². The summed E-state index contributed by atoms with van der Waals surface area (Å²) in [4.78, 5) is 4.25. The summed E-state index contributed by atoms with van der Waals surface area (Å²) in [6.07, 6.45) is 0.799. The fraction of sp³-hybridized carbons (Fsp3) is 0.875. The number of thioether (sulfide) groups is 1. The van der Waals surface area contributed by atoms with Crippen LogP contribution in [0.1, 0.15) is 6.42 Å². The lowest BCUT2D eigenvalue weighted by molar-refractivity contribution is 0.574. The van der Waals surface area contributed by atoms with Gasteiger partial charge in [0, 0.05) is 12.3 Å². The number of sulfone groups is 1. The lowest BCUT2D eigenvalue weighted by Crippen LogP contribution is -2.27. The number of nitrogens with one attached hydrogen (secondary N) is 1. The molecular formula is C8H14N2O2S2. The van der Waals surface area contributed by atoms with E-state index in [0.717, 1.165) is 30.4 Å². The quantitative estimate of drug-likeness (QED) is 0.737. The van der Waals surface area contributed by atoms with Gasteiger partial charge in [-0.1, -0.05) is 11.8 Å². The minimum absolute atomic E-state index is 0.281. The highest BCUT2D eigenvalue weighted by molar-refractivity contribution is 8.14. The van der Waals surface area contributed by atoms with Crippen molar-refractivity contribution in [2.75, 3.05) is 30.3 Å². The van der Waals surface area contributed by atoms with Crippen LogP contribution in [0.3, 0.4) is 0 Å². The van der Waals surface area contributed by atoms with Crippen LogP contribution in [0.4, 0.5) is 0 Å². The highest BCUT2D eigenvalue weighted by Gasteiger charge is 2.27. The van der Waals surface area contributed by atoms with Crippen molar-refractivity contribution in [1.29, 1.82) is 0 Å². The number of rotatable bonds is 2. The first-order chi connectivity index (χ1) is 6.66. The fourth-order valence-electron chi connectivity index (χ4n) is 1.71. The minimum Gasteiger partial charge on any atom is -0.365 e. The van der Waals surface area contributed by atoms with Gasteiger partial charge in [0.05, 0.1) is 18.1 Å². The lowest BCUT2D eigenvalue weighted by Gasteiger charge is -2.09. The maximum Gasteiger partial charge on any atom is 0.156 e. The molecule has 1 saturated heterocycles. The number of nitrogens with zero attached hydrogens (tertiary/aromatic N) is 1. The zero-order chi connectivity index (χ0) is 10.0. The van der Waals surface area contributed by atoms with Crippen LogP contribution in [0.15, 0.2) is 4.99 Å². The van der Waals surface area contributed by atoms with Crippen LogP contribution < -0.4 is 5.32 Å². The van der Waals surface area contributed by atoms with Gasteiger partial charge >= 0.3 is 0 Å². The molecule has 0 aromatic heterocycles. The van der Waals surface area contributed by atoms with Gasteiger partial charge in [-0.2, -0.15) is 0 Å². The Morgan fingerprint density at radius 2 is 2.43 bits per heavy atom. The number of aliphatic imine (C=N–C) groups is 1. The van der Waals surface area contributed by atoms with Crippen molar-refractivity contribution in [2.45, 2.75) is 6.42 Å². The second kappa shape index (κ2) is 4.10. The molecule has 14 heavy (non-hydrogen) atoms. The minimum atomic E-state index is -2.73. The van der Waals surface area contributed by atoms with Gasteiger partial charge in [-0.3, -0.25) is 4.99 Å². The van der Waals surface area contributed by atoms with Crippen LogP contribution in [-0.2, 0) is 9.84 Å². The SMILES string of the molecule is O=S1(=O)CCC(CNC2=NCCS2)C1. The Kier molecular flexibility index (Phi) is 3.02. The van der Waals surface area contributed by atoms with Crippen LogP contribution in [0.2, 0.25) is 0 Å². The van der Waals surface area contributed by atoms with E-state index < -0.39 is 9.84 Å². The van der Waals surface area contributed by atoms with Crippen LogP contribution in [0.25, 0.3) is 0 Å². The van der Waals surface area contributed by atoms with Crippen molar-refractivity contribution >= 4 is 26.8 Å². The number of hydrogen-bond acceptors (Lipinski definition) is 5. The zero-order valence-corrected chi connectivity index (χ0v) is 9.53. The molecule has 6 heteroatoms. The summed E-state index contributed by atoms with van der Waals surface area (Å²) in [5.41, 5.74) is 0. The molecule has 1 fully saturated rings. The van der Waals surface area contributed by atoms with Crippen LogP contribution in [-0.4, -0.2) is 43.9 Å². The van der Waals surface area contributed by atoms with Gasteiger partial charge in [0.2, 0.25) is 0 Å². The predicted octanol–water partition coefficient (Wildman–Crippen LogP) is 0.113. The zero-order valence-electron chi connectivity index (χ0n) is 7.90. The molecule has 0 bridgehead atoms. The second-order valence-corrected chi connectivity index (χ2v) is 7.00. The van der Waals surface area contributed by atoms with E-state index in [1.807, 2.05) is 0 Å². The fourth-order valence-corrected chi connectivity index (χ4v) is 4.31. The van der Waals surface area contributed by atoms with E-state index in [1.54, 1.807) is 11.8 Å². The Morgan fingerprint density at radius 3 is 3.00 bits per heavy atom. The van der Waals surface area contributed by atoms with Gasteiger partial charge in [0.1, 0.15) is 0 Å². The normalized spacial score (nSPS) is 30.3.